The molecule has 12 heteroatoms. The van der Waals surface area contributed by atoms with Crippen LogP contribution < -0.4 is 21.3 Å². The van der Waals surface area contributed by atoms with E-state index in [1.54, 1.807) is 24.4 Å². The summed E-state index contributed by atoms with van der Waals surface area (Å²) >= 11 is 0. The van der Waals surface area contributed by atoms with Gasteiger partial charge in [0, 0.05) is 54.8 Å². The van der Waals surface area contributed by atoms with Gasteiger partial charge in [0.15, 0.2) is 0 Å². The number of nitrogens with one attached hydrogen (secondary N) is 2. The Kier molecular flexibility index (Phi) is 14.7. The number of hydrogen-bond acceptors (Lipinski definition) is 9. The van der Waals surface area contributed by atoms with Crippen LogP contribution in [0.2, 0.25) is 0 Å². The molecule has 6 rings (SSSR count). The summed E-state index contributed by atoms with van der Waals surface area (Å²) in [5, 5.41) is 6.21. The second-order valence-corrected chi connectivity index (χ2v) is 16.0. The van der Waals surface area contributed by atoms with Crippen LogP contribution in [0.4, 0.5) is 11.4 Å². The average molecular weight is 784 g/mol. The summed E-state index contributed by atoms with van der Waals surface area (Å²) < 4.78 is 22.7. The van der Waals surface area contributed by atoms with E-state index in [0.717, 1.165) is 68.3 Å². The van der Waals surface area contributed by atoms with Gasteiger partial charge >= 0.3 is 0 Å². The van der Waals surface area contributed by atoms with E-state index in [-0.39, 0.29) is 17.2 Å². The number of rotatable bonds is 24. The van der Waals surface area contributed by atoms with Crippen LogP contribution in [0, 0.1) is 22.7 Å². The second-order valence-electron chi connectivity index (χ2n) is 16.0. The van der Waals surface area contributed by atoms with Gasteiger partial charge in [0.05, 0.1) is 63.0 Å². The molecule has 3 aromatic rings. The van der Waals surface area contributed by atoms with Gasteiger partial charge in [0.2, 0.25) is 11.8 Å². The standard InChI is InChI=1S/C45H61N5O7/c1-4-50(5-2)37-13-14-39(38(28-37)40-27-33(41(46)51)15-16-47-40)49-42(52)34-10-6-8-32(26-34)9-7-18-54-20-22-56-24-25-57-23-21-55-19-17-48-43(53)45-29-35-11-12-36(30-45)44(35,3)31-45/h6,8,10,13-16,26-28,35-36H,4-5,7,9,11-12,17-25,29-31H2,1-3H3,(H2,46,51)(H,48,53)(H,49,52). The molecule has 3 aliphatic carbocycles. The predicted octanol–water partition coefficient (Wildman–Crippen LogP) is 6.28. The summed E-state index contributed by atoms with van der Waals surface area (Å²) in [4.78, 5) is 45.1. The van der Waals surface area contributed by atoms with Crippen molar-refractivity contribution < 1.29 is 33.3 Å². The normalized spacial score (nSPS) is 21.8. The number of anilines is 2. The van der Waals surface area contributed by atoms with E-state index in [9.17, 15) is 14.4 Å². The van der Waals surface area contributed by atoms with Crippen molar-refractivity contribution in [2.24, 2.45) is 28.4 Å². The highest BCUT2D eigenvalue weighted by Crippen LogP contribution is 2.72. The van der Waals surface area contributed by atoms with Crippen LogP contribution in [0.15, 0.2) is 60.8 Å². The molecule has 3 saturated carbocycles. The molecular formula is C45H61N5O7. The third-order valence-electron chi connectivity index (χ3n) is 12.5. The average Bonchev–Trinajstić information content (AvgIpc) is 3.72. The number of carbonyl (C=O) groups is 3. The number of hydrogen-bond donors (Lipinski definition) is 3. The highest BCUT2D eigenvalue weighted by Gasteiger charge is 2.67. The summed E-state index contributed by atoms with van der Waals surface area (Å²) in [6.45, 7) is 12.7. The summed E-state index contributed by atoms with van der Waals surface area (Å²) in [6.07, 6.45) is 8.93. The predicted molar refractivity (Wildman–Crippen MR) is 221 cm³/mol. The number of aromatic nitrogens is 1. The first-order valence-electron chi connectivity index (χ1n) is 20.8. The first-order valence-corrected chi connectivity index (χ1v) is 20.8. The van der Waals surface area contributed by atoms with Gasteiger partial charge in [-0.05, 0) is 124 Å². The summed E-state index contributed by atoms with van der Waals surface area (Å²) in [6, 6.07) is 16.6. The molecule has 0 radical (unpaired) electrons. The quantitative estimate of drug-likeness (QED) is 0.0892. The van der Waals surface area contributed by atoms with Gasteiger partial charge in [0.1, 0.15) is 0 Å². The van der Waals surface area contributed by atoms with Crippen molar-refractivity contribution in [3.05, 3.63) is 77.5 Å². The number of pyridine rings is 1. The van der Waals surface area contributed by atoms with Gasteiger partial charge in [-0.15, -0.1) is 0 Å². The Bertz CT molecular complexity index is 1820. The van der Waals surface area contributed by atoms with Crippen molar-refractivity contribution in [3.8, 4) is 11.3 Å². The van der Waals surface area contributed by atoms with Crippen molar-refractivity contribution in [3.63, 3.8) is 0 Å². The molecule has 2 aromatic carbocycles. The maximum absolute atomic E-state index is 13.5. The molecule has 1 aromatic heterocycles. The van der Waals surface area contributed by atoms with Gasteiger partial charge in [-0.25, -0.2) is 0 Å². The van der Waals surface area contributed by atoms with Crippen LogP contribution >= 0.6 is 0 Å². The molecule has 1 heterocycles. The Morgan fingerprint density at radius 2 is 1.49 bits per heavy atom. The summed E-state index contributed by atoms with van der Waals surface area (Å²) in [7, 11) is 0. The lowest BCUT2D eigenvalue weighted by molar-refractivity contribution is -0.131. The molecule has 3 amide bonds. The molecule has 3 fully saturated rings. The first kappa shape index (κ1) is 42.3. The number of benzene rings is 2. The maximum Gasteiger partial charge on any atom is 0.255 e. The minimum Gasteiger partial charge on any atom is -0.379 e. The van der Waals surface area contributed by atoms with Crippen LogP contribution in [0.3, 0.4) is 0 Å². The van der Waals surface area contributed by atoms with Gasteiger partial charge in [-0.2, -0.15) is 0 Å². The third kappa shape index (κ3) is 10.4. The monoisotopic (exact) mass is 783 g/mol. The fourth-order valence-electron chi connectivity index (χ4n) is 9.52. The number of primary amides is 1. The maximum atomic E-state index is 13.5. The number of fused-ring (bicyclic) bond motifs is 1. The second kappa shape index (κ2) is 19.9. The van der Waals surface area contributed by atoms with E-state index in [2.05, 4.69) is 41.3 Å². The van der Waals surface area contributed by atoms with E-state index in [0.29, 0.717) is 92.9 Å². The van der Waals surface area contributed by atoms with Crippen LogP contribution in [-0.2, 0) is 30.2 Å². The van der Waals surface area contributed by atoms with Crippen molar-refractivity contribution in [1.82, 2.24) is 10.3 Å². The zero-order valence-electron chi connectivity index (χ0n) is 34.0. The molecule has 3 aliphatic rings. The van der Waals surface area contributed by atoms with Crippen molar-refractivity contribution in [1.29, 1.82) is 0 Å². The number of ether oxygens (including phenoxy) is 4. The first-order chi connectivity index (χ1) is 27.7. The number of nitrogens with zero attached hydrogens (tertiary/aromatic N) is 2. The summed E-state index contributed by atoms with van der Waals surface area (Å²) in [5.41, 5.74) is 10.6. The Labute approximate surface area is 337 Å². The largest absolute Gasteiger partial charge is 0.379 e. The molecule has 4 N–H and O–H groups in total. The van der Waals surface area contributed by atoms with E-state index < -0.39 is 5.91 Å². The molecule has 0 aliphatic heterocycles. The smallest absolute Gasteiger partial charge is 0.255 e. The molecule has 308 valence electrons. The molecule has 2 atom stereocenters. The molecular weight excluding hydrogens is 723 g/mol. The van der Waals surface area contributed by atoms with E-state index in [1.165, 1.54) is 12.8 Å². The van der Waals surface area contributed by atoms with E-state index in [4.69, 9.17) is 24.7 Å². The Balaban J connectivity index is 0.820. The van der Waals surface area contributed by atoms with Crippen molar-refractivity contribution in [2.75, 3.05) is 82.7 Å². The SMILES string of the molecule is CCN(CC)c1ccc(NC(=O)c2cccc(CCCOCCOCCOCCOCCNC(=O)C34CC5CCC(C3)C5(C)C4)c2)c(-c2cc(C(N)=O)ccn2)c1. The zero-order chi connectivity index (χ0) is 40.3. The van der Waals surface area contributed by atoms with Crippen LogP contribution in [0.1, 0.15) is 85.6 Å². The van der Waals surface area contributed by atoms with E-state index >= 15 is 0 Å². The van der Waals surface area contributed by atoms with Gasteiger partial charge < -0.3 is 40.2 Å². The van der Waals surface area contributed by atoms with Gasteiger partial charge in [0.25, 0.3) is 5.91 Å². The Hall–Kier alpha value is -4.36. The van der Waals surface area contributed by atoms with E-state index in [1.807, 2.05) is 36.4 Å². The Morgan fingerprint density at radius 3 is 2.14 bits per heavy atom. The zero-order valence-corrected chi connectivity index (χ0v) is 34.0. The molecule has 2 bridgehead atoms. The Morgan fingerprint density at radius 1 is 0.825 bits per heavy atom. The fourth-order valence-corrected chi connectivity index (χ4v) is 9.52. The number of amides is 3. The van der Waals surface area contributed by atoms with Crippen LogP contribution in [-0.4, -0.2) is 95.2 Å². The molecule has 0 saturated heterocycles. The molecule has 12 nitrogen and oxygen atoms in total. The highest BCUT2D eigenvalue weighted by atomic mass is 16.6. The van der Waals surface area contributed by atoms with Crippen molar-refractivity contribution in [2.45, 2.75) is 65.7 Å². The number of carbonyl (C=O) groups excluding carboxylic acids is 3. The molecule has 57 heavy (non-hydrogen) atoms. The lowest BCUT2D eigenvalue weighted by atomic mass is 9.74. The van der Waals surface area contributed by atoms with Gasteiger partial charge in [-0.3, -0.25) is 19.4 Å². The van der Waals surface area contributed by atoms with Crippen LogP contribution in [0.25, 0.3) is 11.3 Å². The number of nitrogens with two attached hydrogens (primary N) is 1. The minimum atomic E-state index is -0.542. The lowest BCUT2D eigenvalue weighted by Crippen LogP contribution is -2.40. The minimum absolute atomic E-state index is 0.125. The van der Waals surface area contributed by atoms with Crippen LogP contribution in [0.5, 0.6) is 0 Å². The molecule has 2 unspecified atom stereocenters. The fraction of sp³-hybridized carbons (Fsp3) is 0.556. The molecule has 0 spiro atoms. The highest BCUT2D eigenvalue weighted by molar-refractivity contribution is 6.06. The lowest BCUT2D eigenvalue weighted by Gasteiger charge is -2.31. The van der Waals surface area contributed by atoms with Crippen molar-refractivity contribution >= 4 is 29.1 Å². The topological polar surface area (TPSA) is 154 Å². The third-order valence-corrected chi connectivity index (χ3v) is 12.5. The van der Waals surface area contributed by atoms with Gasteiger partial charge in [-0.1, -0.05) is 19.1 Å². The number of aryl methyl sites for hydroxylation is 1. The summed E-state index contributed by atoms with van der Waals surface area (Å²) in [5.74, 6) is 0.937.